The smallest absolute Gasteiger partial charge is 0.243 e. The van der Waals surface area contributed by atoms with Crippen molar-refractivity contribution in [2.75, 3.05) is 13.6 Å². The SMILES string of the molecule is CC(C)C1C(=O)NCC(=O)N1C. The van der Waals surface area contributed by atoms with Crippen molar-refractivity contribution >= 4 is 11.8 Å². The highest BCUT2D eigenvalue weighted by Crippen LogP contribution is 2.11. The molecule has 1 unspecified atom stereocenters. The zero-order valence-electron chi connectivity index (χ0n) is 7.63. The molecule has 0 aromatic rings. The molecule has 4 nitrogen and oxygen atoms in total. The summed E-state index contributed by atoms with van der Waals surface area (Å²) in [5.41, 5.74) is 0. The summed E-state index contributed by atoms with van der Waals surface area (Å²) in [4.78, 5) is 24.0. The van der Waals surface area contributed by atoms with Crippen LogP contribution < -0.4 is 5.32 Å². The number of carbonyl (C=O) groups excluding carboxylic acids is 2. The zero-order valence-corrected chi connectivity index (χ0v) is 7.63. The van der Waals surface area contributed by atoms with Crippen LogP contribution in [0.1, 0.15) is 13.8 Å². The number of nitrogens with zero attached hydrogens (tertiary/aromatic N) is 1. The lowest BCUT2D eigenvalue weighted by molar-refractivity contribution is -0.145. The van der Waals surface area contributed by atoms with Crippen LogP contribution in [0.5, 0.6) is 0 Å². The second-order valence-electron chi connectivity index (χ2n) is 3.41. The van der Waals surface area contributed by atoms with E-state index in [9.17, 15) is 9.59 Å². The quantitative estimate of drug-likeness (QED) is 0.582. The lowest BCUT2D eigenvalue weighted by Gasteiger charge is -2.34. The van der Waals surface area contributed by atoms with Gasteiger partial charge in [-0.15, -0.1) is 0 Å². The van der Waals surface area contributed by atoms with Crippen LogP contribution in [0.15, 0.2) is 0 Å². The van der Waals surface area contributed by atoms with E-state index >= 15 is 0 Å². The largest absolute Gasteiger partial charge is 0.345 e. The fourth-order valence-electron chi connectivity index (χ4n) is 1.47. The van der Waals surface area contributed by atoms with Crippen molar-refractivity contribution in [1.29, 1.82) is 0 Å². The topological polar surface area (TPSA) is 49.4 Å². The Morgan fingerprint density at radius 2 is 2.08 bits per heavy atom. The minimum Gasteiger partial charge on any atom is -0.345 e. The van der Waals surface area contributed by atoms with E-state index in [0.717, 1.165) is 0 Å². The van der Waals surface area contributed by atoms with E-state index in [2.05, 4.69) is 5.32 Å². The van der Waals surface area contributed by atoms with Gasteiger partial charge in [0, 0.05) is 7.05 Å². The van der Waals surface area contributed by atoms with Gasteiger partial charge < -0.3 is 10.2 Å². The average Bonchev–Trinajstić information content (AvgIpc) is 1.97. The van der Waals surface area contributed by atoms with E-state index in [1.165, 1.54) is 4.90 Å². The van der Waals surface area contributed by atoms with Crippen molar-refractivity contribution in [3.05, 3.63) is 0 Å². The van der Waals surface area contributed by atoms with Crippen LogP contribution >= 0.6 is 0 Å². The average molecular weight is 170 g/mol. The standard InChI is InChI=1S/C8H14N2O2/c1-5(2)7-8(12)9-4-6(11)10(7)3/h5,7H,4H2,1-3H3,(H,9,12). The third-order valence-electron chi connectivity index (χ3n) is 2.12. The molecule has 1 aliphatic rings. The van der Waals surface area contributed by atoms with Crippen LogP contribution in [-0.2, 0) is 9.59 Å². The lowest BCUT2D eigenvalue weighted by atomic mass is 10.0. The summed E-state index contributed by atoms with van der Waals surface area (Å²) in [6.07, 6.45) is 0. The number of rotatable bonds is 1. The van der Waals surface area contributed by atoms with Crippen molar-refractivity contribution in [3.8, 4) is 0 Å². The van der Waals surface area contributed by atoms with E-state index in [0.29, 0.717) is 0 Å². The molecular formula is C8H14N2O2. The Balaban J connectivity index is 2.78. The van der Waals surface area contributed by atoms with E-state index < -0.39 is 0 Å². The van der Waals surface area contributed by atoms with Crippen molar-refractivity contribution in [3.63, 3.8) is 0 Å². The lowest BCUT2D eigenvalue weighted by Crippen LogP contribution is -2.58. The summed E-state index contributed by atoms with van der Waals surface area (Å²) < 4.78 is 0. The highest BCUT2D eigenvalue weighted by atomic mass is 16.2. The Hall–Kier alpha value is -1.06. The van der Waals surface area contributed by atoms with Gasteiger partial charge in [0.15, 0.2) is 0 Å². The Labute approximate surface area is 71.9 Å². The molecule has 1 heterocycles. The molecule has 4 heteroatoms. The first-order chi connectivity index (χ1) is 5.54. The van der Waals surface area contributed by atoms with Crippen molar-refractivity contribution in [1.82, 2.24) is 10.2 Å². The molecule has 0 bridgehead atoms. The van der Waals surface area contributed by atoms with Gasteiger partial charge in [-0.25, -0.2) is 0 Å². The number of nitrogens with one attached hydrogen (secondary N) is 1. The normalized spacial score (nSPS) is 24.7. The maximum absolute atomic E-state index is 11.3. The summed E-state index contributed by atoms with van der Waals surface area (Å²) in [6, 6.07) is -0.300. The van der Waals surface area contributed by atoms with Crippen LogP contribution in [0.25, 0.3) is 0 Å². The fraction of sp³-hybridized carbons (Fsp3) is 0.750. The molecule has 1 N–H and O–H groups in total. The van der Waals surface area contributed by atoms with Gasteiger partial charge in [0.25, 0.3) is 0 Å². The first kappa shape index (κ1) is 9.03. The monoisotopic (exact) mass is 170 g/mol. The second-order valence-corrected chi connectivity index (χ2v) is 3.41. The van der Waals surface area contributed by atoms with E-state index in [-0.39, 0.29) is 30.3 Å². The molecule has 12 heavy (non-hydrogen) atoms. The number of carbonyl (C=O) groups is 2. The number of hydrogen-bond donors (Lipinski definition) is 1. The summed E-state index contributed by atoms with van der Waals surface area (Å²) in [6.45, 7) is 4.00. The summed E-state index contributed by atoms with van der Waals surface area (Å²) >= 11 is 0. The van der Waals surface area contributed by atoms with Gasteiger partial charge in [0.05, 0.1) is 6.54 Å². The Morgan fingerprint density at radius 3 is 2.50 bits per heavy atom. The highest BCUT2D eigenvalue weighted by molar-refractivity contribution is 5.94. The summed E-state index contributed by atoms with van der Waals surface area (Å²) in [5.74, 6) is 0.0969. The number of amides is 2. The van der Waals surface area contributed by atoms with Gasteiger partial charge in [-0.2, -0.15) is 0 Å². The maximum Gasteiger partial charge on any atom is 0.243 e. The molecule has 1 aliphatic heterocycles. The maximum atomic E-state index is 11.3. The van der Waals surface area contributed by atoms with Crippen LogP contribution in [0.4, 0.5) is 0 Å². The number of hydrogen-bond acceptors (Lipinski definition) is 2. The first-order valence-corrected chi connectivity index (χ1v) is 4.07. The van der Waals surface area contributed by atoms with Crippen LogP contribution in [0, 0.1) is 5.92 Å². The molecule has 1 saturated heterocycles. The van der Waals surface area contributed by atoms with Gasteiger partial charge in [-0.3, -0.25) is 9.59 Å². The number of piperazine rings is 1. The third-order valence-corrected chi connectivity index (χ3v) is 2.12. The minimum absolute atomic E-state index is 0.0201. The molecule has 0 spiro atoms. The van der Waals surface area contributed by atoms with E-state index in [1.54, 1.807) is 7.05 Å². The summed E-state index contributed by atoms with van der Waals surface area (Å²) in [7, 11) is 1.67. The predicted molar refractivity (Wildman–Crippen MR) is 44.4 cm³/mol. The summed E-state index contributed by atoms with van der Waals surface area (Å²) in [5, 5.41) is 2.56. The Morgan fingerprint density at radius 1 is 1.50 bits per heavy atom. The van der Waals surface area contributed by atoms with Gasteiger partial charge in [-0.05, 0) is 5.92 Å². The third kappa shape index (κ3) is 1.42. The molecule has 0 saturated carbocycles. The first-order valence-electron chi connectivity index (χ1n) is 4.07. The zero-order chi connectivity index (χ0) is 9.30. The van der Waals surface area contributed by atoms with E-state index in [1.807, 2.05) is 13.8 Å². The number of likely N-dealkylation sites (N-methyl/N-ethyl adjacent to an activating group) is 1. The molecule has 68 valence electrons. The molecule has 0 radical (unpaired) electrons. The predicted octanol–water partition coefficient (Wildman–Crippen LogP) is -0.401. The van der Waals surface area contributed by atoms with Crippen molar-refractivity contribution in [2.45, 2.75) is 19.9 Å². The van der Waals surface area contributed by atoms with Crippen molar-refractivity contribution in [2.24, 2.45) is 5.92 Å². The van der Waals surface area contributed by atoms with Crippen molar-refractivity contribution < 1.29 is 9.59 Å². The van der Waals surface area contributed by atoms with Crippen LogP contribution in [0.3, 0.4) is 0 Å². The fourth-order valence-corrected chi connectivity index (χ4v) is 1.47. The molecule has 1 fully saturated rings. The molecule has 0 aromatic heterocycles. The Kier molecular flexibility index (Phi) is 2.35. The highest BCUT2D eigenvalue weighted by Gasteiger charge is 2.33. The molecule has 2 amide bonds. The molecule has 1 rings (SSSR count). The molecule has 0 aliphatic carbocycles. The van der Waals surface area contributed by atoms with Gasteiger partial charge in [0.2, 0.25) is 11.8 Å². The molecule has 1 atom stereocenters. The van der Waals surface area contributed by atoms with Crippen LogP contribution in [-0.4, -0.2) is 36.3 Å². The van der Waals surface area contributed by atoms with Crippen LogP contribution in [0.2, 0.25) is 0 Å². The molecule has 0 aromatic carbocycles. The van der Waals surface area contributed by atoms with Gasteiger partial charge >= 0.3 is 0 Å². The Bertz CT molecular complexity index is 213. The minimum atomic E-state index is -0.300. The van der Waals surface area contributed by atoms with Gasteiger partial charge in [-0.1, -0.05) is 13.8 Å². The molecular weight excluding hydrogens is 156 g/mol. The second kappa shape index (κ2) is 3.13. The van der Waals surface area contributed by atoms with E-state index in [4.69, 9.17) is 0 Å². The van der Waals surface area contributed by atoms with Gasteiger partial charge in [0.1, 0.15) is 6.04 Å².